The Labute approximate surface area is 156 Å². The van der Waals surface area contributed by atoms with Crippen molar-refractivity contribution >= 4 is 49.5 Å². The first-order valence-electron chi connectivity index (χ1n) is 7.80. The standard InChI is InChI=1S/C19H12BrN3O3/c1-10(24)21-18-15-16(13-7-2-3-8-14(13)26-19(15)25)22-17(23-18)11-5-4-6-12(20)9-11/h2-9H,1H3,(H,21,22,23,24). The molecule has 0 aliphatic carbocycles. The highest BCUT2D eigenvalue weighted by atomic mass is 79.9. The number of aromatic nitrogens is 2. The van der Waals surface area contributed by atoms with E-state index in [2.05, 4.69) is 31.2 Å². The van der Waals surface area contributed by atoms with Gasteiger partial charge in [0.2, 0.25) is 5.91 Å². The van der Waals surface area contributed by atoms with Crippen LogP contribution in [-0.4, -0.2) is 15.9 Å². The molecule has 1 amide bonds. The van der Waals surface area contributed by atoms with Crippen molar-refractivity contribution in [1.29, 1.82) is 0 Å². The lowest BCUT2D eigenvalue weighted by Crippen LogP contribution is -2.13. The predicted octanol–water partition coefficient (Wildman–Crippen LogP) is 4.12. The third-order valence-electron chi connectivity index (χ3n) is 3.84. The van der Waals surface area contributed by atoms with Crippen LogP contribution >= 0.6 is 15.9 Å². The third-order valence-corrected chi connectivity index (χ3v) is 4.33. The number of benzene rings is 2. The molecule has 26 heavy (non-hydrogen) atoms. The third kappa shape index (κ3) is 2.86. The van der Waals surface area contributed by atoms with Crippen LogP contribution in [0, 0.1) is 0 Å². The van der Waals surface area contributed by atoms with Gasteiger partial charge in [0.15, 0.2) is 11.6 Å². The second-order valence-electron chi connectivity index (χ2n) is 5.70. The summed E-state index contributed by atoms with van der Waals surface area (Å²) in [7, 11) is 0. The Bertz CT molecular complexity index is 1230. The van der Waals surface area contributed by atoms with Crippen LogP contribution in [0.4, 0.5) is 5.82 Å². The number of para-hydroxylation sites is 1. The first kappa shape index (κ1) is 16.4. The molecular formula is C19H12BrN3O3. The molecule has 0 saturated heterocycles. The zero-order valence-electron chi connectivity index (χ0n) is 13.6. The summed E-state index contributed by atoms with van der Waals surface area (Å²) in [6.07, 6.45) is 0. The largest absolute Gasteiger partial charge is 0.422 e. The van der Waals surface area contributed by atoms with Crippen molar-refractivity contribution in [1.82, 2.24) is 9.97 Å². The number of carbonyl (C=O) groups excluding carboxylic acids is 1. The number of fused-ring (bicyclic) bond motifs is 3. The normalized spacial score (nSPS) is 11.0. The van der Waals surface area contributed by atoms with Gasteiger partial charge in [0.05, 0.1) is 5.52 Å². The van der Waals surface area contributed by atoms with E-state index in [-0.39, 0.29) is 17.1 Å². The smallest absolute Gasteiger partial charge is 0.349 e. The topological polar surface area (TPSA) is 85.1 Å². The van der Waals surface area contributed by atoms with Gasteiger partial charge in [0, 0.05) is 22.3 Å². The van der Waals surface area contributed by atoms with Crippen molar-refractivity contribution in [2.45, 2.75) is 6.92 Å². The maximum Gasteiger partial charge on any atom is 0.349 e. The molecule has 0 aliphatic heterocycles. The molecular weight excluding hydrogens is 398 g/mol. The fourth-order valence-corrected chi connectivity index (χ4v) is 3.16. The Kier molecular flexibility index (Phi) is 4.00. The highest BCUT2D eigenvalue weighted by molar-refractivity contribution is 9.10. The summed E-state index contributed by atoms with van der Waals surface area (Å²) in [4.78, 5) is 33.1. The average molecular weight is 410 g/mol. The predicted molar refractivity (Wildman–Crippen MR) is 103 cm³/mol. The van der Waals surface area contributed by atoms with Crippen LogP contribution in [0.3, 0.4) is 0 Å². The highest BCUT2D eigenvalue weighted by Crippen LogP contribution is 2.29. The molecule has 0 spiro atoms. The summed E-state index contributed by atoms with van der Waals surface area (Å²) in [5.74, 6) is 0.202. The molecule has 1 N–H and O–H groups in total. The van der Waals surface area contributed by atoms with E-state index >= 15 is 0 Å². The van der Waals surface area contributed by atoms with E-state index in [0.29, 0.717) is 22.3 Å². The van der Waals surface area contributed by atoms with Gasteiger partial charge in [-0.1, -0.05) is 40.2 Å². The molecule has 0 aliphatic rings. The van der Waals surface area contributed by atoms with Gasteiger partial charge >= 0.3 is 5.63 Å². The summed E-state index contributed by atoms with van der Waals surface area (Å²) >= 11 is 3.43. The molecule has 4 rings (SSSR count). The lowest BCUT2D eigenvalue weighted by Gasteiger charge is -2.10. The Balaban J connectivity index is 2.14. The minimum Gasteiger partial charge on any atom is -0.422 e. The van der Waals surface area contributed by atoms with Gasteiger partial charge in [-0.25, -0.2) is 14.8 Å². The molecule has 2 aromatic heterocycles. The number of hydrogen-bond donors (Lipinski definition) is 1. The van der Waals surface area contributed by atoms with Crippen LogP contribution in [-0.2, 0) is 4.79 Å². The molecule has 7 heteroatoms. The molecule has 2 heterocycles. The second kappa shape index (κ2) is 6.34. The van der Waals surface area contributed by atoms with Crippen LogP contribution in [0.15, 0.2) is 62.2 Å². The van der Waals surface area contributed by atoms with Crippen molar-refractivity contribution in [3.05, 3.63) is 63.4 Å². The lowest BCUT2D eigenvalue weighted by molar-refractivity contribution is -0.114. The Morgan fingerprint density at radius 2 is 1.92 bits per heavy atom. The van der Waals surface area contributed by atoms with E-state index in [1.165, 1.54) is 6.92 Å². The molecule has 4 aromatic rings. The molecule has 0 fully saturated rings. The van der Waals surface area contributed by atoms with Gasteiger partial charge < -0.3 is 9.73 Å². The maximum atomic E-state index is 12.5. The lowest BCUT2D eigenvalue weighted by atomic mass is 10.1. The van der Waals surface area contributed by atoms with E-state index in [0.717, 1.165) is 10.0 Å². The summed E-state index contributed by atoms with van der Waals surface area (Å²) in [6.45, 7) is 1.36. The van der Waals surface area contributed by atoms with Gasteiger partial charge in [-0.15, -0.1) is 0 Å². The van der Waals surface area contributed by atoms with E-state index in [9.17, 15) is 9.59 Å². The molecule has 2 aromatic carbocycles. The monoisotopic (exact) mass is 409 g/mol. The Morgan fingerprint density at radius 3 is 2.69 bits per heavy atom. The van der Waals surface area contributed by atoms with E-state index in [4.69, 9.17) is 4.42 Å². The average Bonchev–Trinajstić information content (AvgIpc) is 2.61. The van der Waals surface area contributed by atoms with Gasteiger partial charge in [-0.3, -0.25) is 4.79 Å². The molecule has 128 valence electrons. The number of carbonyl (C=O) groups is 1. The number of anilines is 1. The summed E-state index contributed by atoms with van der Waals surface area (Å²) in [5.41, 5.74) is 1.02. The van der Waals surface area contributed by atoms with Crippen molar-refractivity contribution in [2.24, 2.45) is 0 Å². The van der Waals surface area contributed by atoms with Crippen molar-refractivity contribution in [3.63, 3.8) is 0 Å². The van der Waals surface area contributed by atoms with Crippen molar-refractivity contribution < 1.29 is 9.21 Å². The number of halogens is 1. The minimum atomic E-state index is -0.594. The van der Waals surface area contributed by atoms with Gasteiger partial charge in [0.1, 0.15) is 11.0 Å². The van der Waals surface area contributed by atoms with Crippen LogP contribution in [0.1, 0.15) is 6.92 Å². The van der Waals surface area contributed by atoms with Crippen molar-refractivity contribution in [3.8, 4) is 11.4 Å². The van der Waals surface area contributed by atoms with E-state index < -0.39 is 5.63 Å². The Hall–Kier alpha value is -3.06. The molecule has 0 bridgehead atoms. The number of nitrogens with zero attached hydrogens (tertiary/aromatic N) is 2. The fourth-order valence-electron chi connectivity index (χ4n) is 2.77. The molecule has 0 unspecified atom stereocenters. The zero-order chi connectivity index (χ0) is 18.3. The number of hydrogen-bond acceptors (Lipinski definition) is 5. The first-order valence-corrected chi connectivity index (χ1v) is 8.59. The quantitative estimate of drug-likeness (QED) is 0.397. The molecule has 0 saturated carbocycles. The van der Waals surface area contributed by atoms with E-state index in [1.54, 1.807) is 12.1 Å². The molecule has 6 nitrogen and oxygen atoms in total. The number of nitrogens with one attached hydrogen (secondary N) is 1. The Morgan fingerprint density at radius 1 is 1.12 bits per heavy atom. The van der Waals surface area contributed by atoms with Gasteiger partial charge in [-0.05, 0) is 24.3 Å². The SMILES string of the molecule is CC(=O)Nc1nc(-c2cccc(Br)c2)nc2c1c(=O)oc1ccccc12. The zero-order valence-corrected chi connectivity index (χ0v) is 15.2. The molecule has 0 atom stereocenters. The van der Waals surface area contributed by atoms with Crippen LogP contribution < -0.4 is 10.9 Å². The van der Waals surface area contributed by atoms with Gasteiger partial charge in [0.25, 0.3) is 0 Å². The highest BCUT2D eigenvalue weighted by Gasteiger charge is 2.17. The maximum absolute atomic E-state index is 12.5. The summed E-state index contributed by atoms with van der Waals surface area (Å²) < 4.78 is 6.24. The molecule has 0 radical (unpaired) electrons. The second-order valence-corrected chi connectivity index (χ2v) is 6.61. The van der Waals surface area contributed by atoms with Crippen LogP contribution in [0.2, 0.25) is 0 Å². The summed E-state index contributed by atoms with van der Waals surface area (Å²) in [5, 5.41) is 3.44. The van der Waals surface area contributed by atoms with Crippen LogP contribution in [0.25, 0.3) is 33.3 Å². The van der Waals surface area contributed by atoms with Crippen LogP contribution in [0.5, 0.6) is 0 Å². The number of amides is 1. The van der Waals surface area contributed by atoms with Gasteiger partial charge in [-0.2, -0.15) is 0 Å². The first-order chi connectivity index (χ1) is 12.5. The fraction of sp³-hybridized carbons (Fsp3) is 0.0526. The van der Waals surface area contributed by atoms with Crippen molar-refractivity contribution in [2.75, 3.05) is 5.32 Å². The number of rotatable bonds is 2. The summed E-state index contributed by atoms with van der Waals surface area (Å²) in [6, 6.07) is 14.6. The van der Waals surface area contributed by atoms with E-state index in [1.807, 2.05) is 36.4 Å². The minimum absolute atomic E-state index is 0.136.